The Morgan fingerprint density at radius 2 is 2.11 bits per heavy atom. The molecule has 2 N–H and O–H groups in total. The lowest BCUT2D eigenvalue weighted by molar-refractivity contribution is 0.00493. The number of carbonyl (C=O) groups is 1. The summed E-state index contributed by atoms with van der Waals surface area (Å²) in [7, 11) is 0. The molecule has 1 saturated carbocycles. The van der Waals surface area contributed by atoms with Gasteiger partial charge in [0.1, 0.15) is 6.10 Å². The fourth-order valence-corrected chi connectivity index (χ4v) is 2.76. The standard InChI is InChI=1S/C14H18BrNO2/c1-9-4-2-3-5-13(9)18-14(17)11-7-6-10(15)8-12(11)16/h6-9,13H,2-5,16H2,1H3. The second-order valence-corrected chi connectivity index (χ2v) is 5.85. The van der Waals surface area contributed by atoms with Crippen LogP contribution in [-0.4, -0.2) is 12.1 Å². The molecule has 0 heterocycles. The van der Waals surface area contributed by atoms with E-state index in [9.17, 15) is 4.79 Å². The molecule has 0 amide bonds. The number of nitrogens with two attached hydrogens (primary N) is 1. The van der Waals surface area contributed by atoms with Gasteiger partial charge in [0.05, 0.1) is 5.56 Å². The van der Waals surface area contributed by atoms with Crippen molar-refractivity contribution < 1.29 is 9.53 Å². The van der Waals surface area contributed by atoms with Gasteiger partial charge in [0.15, 0.2) is 0 Å². The summed E-state index contributed by atoms with van der Waals surface area (Å²) >= 11 is 3.32. The number of rotatable bonds is 2. The second-order valence-electron chi connectivity index (χ2n) is 4.94. The molecule has 1 fully saturated rings. The smallest absolute Gasteiger partial charge is 0.340 e. The van der Waals surface area contributed by atoms with Crippen LogP contribution in [-0.2, 0) is 4.74 Å². The minimum absolute atomic E-state index is 0.0364. The number of hydrogen-bond donors (Lipinski definition) is 1. The Bertz CT molecular complexity index is 447. The zero-order valence-corrected chi connectivity index (χ0v) is 12.1. The van der Waals surface area contributed by atoms with E-state index in [1.165, 1.54) is 6.42 Å². The Kier molecular flexibility index (Phi) is 4.27. The molecule has 2 atom stereocenters. The van der Waals surface area contributed by atoms with Crippen molar-refractivity contribution in [2.24, 2.45) is 5.92 Å². The van der Waals surface area contributed by atoms with Gasteiger partial charge in [0.2, 0.25) is 0 Å². The van der Waals surface area contributed by atoms with E-state index >= 15 is 0 Å². The number of esters is 1. The first-order valence-electron chi connectivity index (χ1n) is 6.34. The van der Waals surface area contributed by atoms with Gasteiger partial charge < -0.3 is 10.5 Å². The van der Waals surface area contributed by atoms with E-state index < -0.39 is 0 Å². The Hall–Kier alpha value is -1.03. The monoisotopic (exact) mass is 311 g/mol. The van der Waals surface area contributed by atoms with Gasteiger partial charge in [-0.3, -0.25) is 0 Å². The highest BCUT2D eigenvalue weighted by molar-refractivity contribution is 9.10. The summed E-state index contributed by atoms with van der Waals surface area (Å²) < 4.78 is 6.44. The van der Waals surface area contributed by atoms with Crippen molar-refractivity contribution in [1.29, 1.82) is 0 Å². The highest BCUT2D eigenvalue weighted by atomic mass is 79.9. The van der Waals surface area contributed by atoms with Crippen LogP contribution in [0.3, 0.4) is 0 Å². The molecular weight excluding hydrogens is 294 g/mol. The number of benzene rings is 1. The number of anilines is 1. The lowest BCUT2D eigenvalue weighted by Gasteiger charge is -2.28. The van der Waals surface area contributed by atoms with Crippen molar-refractivity contribution in [3.05, 3.63) is 28.2 Å². The Morgan fingerprint density at radius 3 is 2.78 bits per heavy atom. The summed E-state index contributed by atoms with van der Waals surface area (Å²) in [4.78, 5) is 12.1. The second kappa shape index (κ2) is 5.74. The molecule has 0 aliphatic heterocycles. The molecule has 0 bridgehead atoms. The van der Waals surface area contributed by atoms with E-state index in [2.05, 4.69) is 22.9 Å². The topological polar surface area (TPSA) is 52.3 Å². The van der Waals surface area contributed by atoms with Crippen LogP contribution in [0.2, 0.25) is 0 Å². The summed E-state index contributed by atoms with van der Waals surface area (Å²) in [5, 5.41) is 0. The van der Waals surface area contributed by atoms with E-state index in [-0.39, 0.29) is 12.1 Å². The fraction of sp³-hybridized carbons (Fsp3) is 0.500. The zero-order chi connectivity index (χ0) is 13.1. The van der Waals surface area contributed by atoms with E-state index in [4.69, 9.17) is 10.5 Å². The number of nitrogen functional groups attached to an aromatic ring is 1. The molecule has 18 heavy (non-hydrogen) atoms. The fourth-order valence-electron chi connectivity index (χ4n) is 2.38. The Labute approximate surface area is 116 Å². The molecule has 1 aliphatic carbocycles. The van der Waals surface area contributed by atoms with Gasteiger partial charge in [-0.1, -0.05) is 29.3 Å². The third-order valence-electron chi connectivity index (χ3n) is 3.52. The number of halogens is 1. The number of hydrogen-bond acceptors (Lipinski definition) is 3. The van der Waals surface area contributed by atoms with E-state index in [1.54, 1.807) is 18.2 Å². The lowest BCUT2D eigenvalue weighted by atomic mass is 9.88. The molecule has 3 nitrogen and oxygen atoms in total. The van der Waals surface area contributed by atoms with Crippen LogP contribution in [0.25, 0.3) is 0 Å². The summed E-state index contributed by atoms with van der Waals surface area (Å²) in [6.07, 6.45) is 4.50. The Morgan fingerprint density at radius 1 is 1.39 bits per heavy atom. The summed E-state index contributed by atoms with van der Waals surface area (Å²) in [5.74, 6) is 0.137. The first-order chi connectivity index (χ1) is 8.58. The molecule has 1 aliphatic rings. The van der Waals surface area contributed by atoms with Crippen LogP contribution < -0.4 is 5.73 Å². The summed E-state index contributed by atoms with van der Waals surface area (Å²) in [6, 6.07) is 5.23. The molecule has 0 spiro atoms. The van der Waals surface area contributed by atoms with Crippen LogP contribution in [0.15, 0.2) is 22.7 Å². The van der Waals surface area contributed by atoms with Crippen molar-refractivity contribution in [3.63, 3.8) is 0 Å². The maximum absolute atomic E-state index is 12.1. The third-order valence-corrected chi connectivity index (χ3v) is 4.02. The molecule has 1 aromatic rings. The molecule has 0 aromatic heterocycles. The average molecular weight is 312 g/mol. The van der Waals surface area contributed by atoms with Crippen LogP contribution in [0.1, 0.15) is 43.0 Å². The highest BCUT2D eigenvalue weighted by Crippen LogP contribution is 2.28. The molecule has 0 saturated heterocycles. The quantitative estimate of drug-likeness (QED) is 0.668. The average Bonchev–Trinajstić information content (AvgIpc) is 2.32. The van der Waals surface area contributed by atoms with Crippen molar-refractivity contribution >= 4 is 27.6 Å². The van der Waals surface area contributed by atoms with Crippen molar-refractivity contribution in [3.8, 4) is 0 Å². The largest absolute Gasteiger partial charge is 0.458 e. The normalized spacial score (nSPS) is 23.7. The molecule has 2 rings (SSSR count). The predicted molar refractivity (Wildman–Crippen MR) is 75.4 cm³/mol. The van der Waals surface area contributed by atoms with Gasteiger partial charge in [-0.25, -0.2) is 4.79 Å². The van der Waals surface area contributed by atoms with E-state index in [1.807, 2.05) is 0 Å². The minimum atomic E-state index is -0.307. The summed E-state index contributed by atoms with van der Waals surface area (Å²) in [5.41, 5.74) is 6.74. The zero-order valence-electron chi connectivity index (χ0n) is 10.5. The van der Waals surface area contributed by atoms with Crippen LogP contribution in [0, 0.1) is 5.92 Å². The van der Waals surface area contributed by atoms with Gasteiger partial charge in [0, 0.05) is 10.2 Å². The van der Waals surface area contributed by atoms with Crippen LogP contribution in [0.5, 0.6) is 0 Å². The first kappa shape index (κ1) is 13.4. The van der Waals surface area contributed by atoms with Crippen LogP contribution in [0.4, 0.5) is 5.69 Å². The van der Waals surface area contributed by atoms with Crippen molar-refractivity contribution in [2.75, 3.05) is 5.73 Å². The van der Waals surface area contributed by atoms with E-state index in [0.717, 1.165) is 23.7 Å². The molecular formula is C14H18BrNO2. The summed E-state index contributed by atoms with van der Waals surface area (Å²) in [6.45, 7) is 2.14. The number of carbonyl (C=O) groups excluding carboxylic acids is 1. The van der Waals surface area contributed by atoms with Gasteiger partial charge in [-0.2, -0.15) is 0 Å². The molecule has 0 radical (unpaired) electrons. The van der Waals surface area contributed by atoms with Gasteiger partial charge in [-0.05, 0) is 43.4 Å². The van der Waals surface area contributed by atoms with Gasteiger partial charge >= 0.3 is 5.97 Å². The molecule has 98 valence electrons. The lowest BCUT2D eigenvalue weighted by Crippen LogP contribution is -2.28. The van der Waals surface area contributed by atoms with E-state index in [0.29, 0.717) is 17.2 Å². The maximum Gasteiger partial charge on any atom is 0.340 e. The third kappa shape index (κ3) is 3.05. The van der Waals surface area contributed by atoms with Crippen molar-refractivity contribution in [2.45, 2.75) is 38.7 Å². The van der Waals surface area contributed by atoms with Gasteiger partial charge in [0.25, 0.3) is 0 Å². The van der Waals surface area contributed by atoms with Crippen molar-refractivity contribution in [1.82, 2.24) is 0 Å². The highest BCUT2D eigenvalue weighted by Gasteiger charge is 2.25. The van der Waals surface area contributed by atoms with Gasteiger partial charge in [-0.15, -0.1) is 0 Å². The van der Waals surface area contributed by atoms with Crippen LogP contribution >= 0.6 is 15.9 Å². The maximum atomic E-state index is 12.1. The molecule has 1 aromatic carbocycles. The molecule has 4 heteroatoms. The molecule has 2 unspecified atom stereocenters. The minimum Gasteiger partial charge on any atom is -0.458 e. The Balaban J connectivity index is 2.07. The number of ether oxygens (including phenoxy) is 1. The predicted octanol–water partition coefficient (Wildman–Crippen LogP) is 3.77. The first-order valence-corrected chi connectivity index (χ1v) is 7.13. The SMILES string of the molecule is CC1CCCCC1OC(=O)c1ccc(Br)cc1N.